The Bertz CT molecular complexity index is 422. The number of anilines is 1. The van der Waals surface area contributed by atoms with E-state index in [4.69, 9.17) is 0 Å². The summed E-state index contributed by atoms with van der Waals surface area (Å²) in [4.78, 5) is 4.06. The van der Waals surface area contributed by atoms with Crippen LogP contribution in [0, 0.1) is 6.92 Å². The van der Waals surface area contributed by atoms with E-state index in [-0.39, 0.29) is 6.04 Å². The molecule has 0 amide bonds. The number of aromatic nitrogens is 3. The number of rotatable bonds is 3. The third-order valence-corrected chi connectivity index (χ3v) is 2.41. The zero-order valence-electron chi connectivity index (χ0n) is 8.86. The molecule has 0 aliphatic heterocycles. The second-order valence-electron chi connectivity index (χ2n) is 3.59. The summed E-state index contributed by atoms with van der Waals surface area (Å²) in [7, 11) is 0. The summed E-state index contributed by atoms with van der Waals surface area (Å²) < 4.78 is 0. The normalized spacial score (nSPS) is 12.4. The molecule has 0 aliphatic carbocycles. The van der Waals surface area contributed by atoms with E-state index in [1.165, 1.54) is 0 Å². The molecule has 1 unspecified atom stereocenters. The minimum atomic E-state index is 0.241. The van der Waals surface area contributed by atoms with Crippen LogP contribution in [0.2, 0.25) is 0 Å². The van der Waals surface area contributed by atoms with Gasteiger partial charge in [-0.05, 0) is 25.5 Å². The van der Waals surface area contributed by atoms with Crippen LogP contribution in [-0.2, 0) is 0 Å². The van der Waals surface area contributed by atoms with E-state index in [2.05, 4.69) is 27.4 Å². The third-order valence-electron chi connectivity index (χ3n) is 2.41. The van der Waals surface area contributed by atoms with Gasteiger partial charge in [0.05, 0.1) is 12.2 Å². The van der Waals surface area contributed by atoms with Crippen LogP contribution in [0.1, 0.15) is 24.1 Å². The maximum atomic E-state index is 4.06. The molecule has 0 spiro atoms. The number of nitrogens with zero attached hydrogens (tertiary/aromatic N) is 2. The number of pyridine rings is 1. The first-order chi connectivity index (χ1) is 7.27. The van der Waals surface area contributed by atoms with Gasteiger partial charge in [0.15, 0.2) is 0 Å². The Labute approximate surface area is 88.8 Å². The number of hydrogen-bond donors (Lipinski definition) is 2. The van der Waals surface area contributed by atoms with Crippen LogP contribution >= 0.6 is 0 Å². The SMILES string of the molecule is Cc1cnccc1NC(C)c1cn[nH]c1. The molecule has 15 heavy (non-hydrogen) atoms. The molecule has 0 aliphatic rings. The Balaban J connectivity index is 2.13. The zero-order valence-corrected chi connectivity index (χ0v) is 8.86. The van der Waals surface area contributed by atoms with Crippen molar-refractivity contribution in [2.75, 3.05) is 5.32 Å². The highest BCUT2D eigenvalue weighted by Gasteiger charge is 2.06. The lowest BCUT2D eigenvalue weighted by Crippen LogP contribution is -2.06. The van der Waals surface area contributed by atoms with Crippen molar-refractivity contribution in [1.82, 2.24) is 15.2 Å². The molecule has 4 heteroatoms. The first-order valence-electron chi connectivity index (χ1n) is 4.93. The van der Waals surface area contributed by atoms with Gasteiger partial charge in [-0.25, -0.2) is 0 Å². The molecule has 2 aromatic rings. The molecule has 0 saturated heterocycles. The molecular formula is C11H14N4. The fourth-order valence-electron chi connectivity index (χ4n) is 1.45. The standard InChI is InChI=1S/C11H14N4/c1-8-5-12-4-3-11(8)15-9(2)10-6-13-14-7-10/h3-7,9H,1-2H3,(H,12,15)(H,13,14). The van der Waals surface area contributed by atoms with Gasteiger partial charge in [-0.2, -0.15) is 5.10 Å². The minimum Gasteiger partial charge on any atom is -0.378 e. The Morgan fingerprint density at radius 3 is 2.93 bits per heavy atom. The second-order valence-corrected chi connectivity index (χ2v) is 3.59. The molecule has 78 valence electrons. The summed E-state index contributed by atoms with van der Waals surface area (Å²) >= 11 is 0. The molecule has 2 aromatic heterocycles. The van der Waals surface area contributed by atoms with Gasteiger partial charge >= 0.3 is 0 Å². The zero-order chi connectivity index (χ0) is 10.7. The van der Waals surface area contributed by atoms with Gasteiger partial charge in [0.1, 0.15) is 0 Å². The van der Waals surface area contributed by atoms with Crippen LogP contribution in [0.25, 0.3) is 0 Å². The number of aryl methyl sites for hydroxylation is 1. The lowest BCUT2D eigenvalue weighted by atomic mass is 10.1. The number of H-pyrrole nitrogens is 1. The molecule has 2 rings (SSSR count). The summed E-state index contributed by atoms with van der Waals surface area (Å²) in [6.45, 7) is 4.14. The summed E-state index contributed by atoms with van der Waals surface area (Å²) in [6, 6.07) is 2.22. The molecular weight excluding hydrogens is 188 g/mol. The lowest BCUT2D eigenvalue weighted by Gasteiger charge is -2.14. The second kappa shape index (κ2) is 4.13. The van der Waals surface area contributed by atoms with E-state index in [9.17, 15) is 0 Å². The summed E-state index contributed by atoms with van der Waals surface area (Å²) in [5.41, 5.74) is 3.40. The van der Waals surface area contributed by atoms with Crippen molar-refractivity contribution in [2.45, 2.75) is 19.9 Å². The molecule has 2 heterocycles. The van der Waals surface area contributed by atoms with Crippen LogP contribution in [0.4, 0.5) is 5.69 Å². The van der Waals surface area contributed by atoms with Gasteiger partial charge in [-0.3, -0.25) is 10.1 Å². The first kappa shape index (κ1) is 9.71. The minimum absolute atomic E-state index is 0.241. The van der Waals surface area contributed by atoms with Crippen molar-refractivity contribution in [3.05, 3.63) is 42.0 Å². The predicted octanol–water partition coefficient (Wildman–Crippen LogP) is 2.29. The van der Waals surface area contributed by atoms with Gasteiger partial charge in [0.2, 0.25) is 0 Å². The predicted molar refractivity (Wildman–Crippen MR) is 59.6 cm³/mol. The largest absolute Gasteiger partial charge is 0.378 e. The number of hydrogen-bond acceptors (Lipinski definition) is 3. The molecule has 0 fully saturated rings. The van der Waals surface area contributed by atoms with Crippen molar-refractivity contribution in [2.24, 2.45) is 0 Å². The number of aromatic amines is 1. The topological polar surface area (TPSA) is 53.6 Å². The highest BCUT2D eigenvalue weighted by Crippen LogP contribution is 2.19. The van der Waals surface area contributed by atoms with E-state index in [1.54, 1.807) is 6.20 Å². The first-order valence-corrected chi connectivity index (χ1v) is 4.93. The molecule has 1 atom stereocenters. The van der Waals surface area contributed by atoms with Crippen molar-refractivity contribution in [1.29, 1.82) is 0 Å². The summed E-state index contributed by atoms with van der Waals surface area (Å²) in [6.07, 6.45) is 7.37. The van der Waals surface area contributed by atoms with E-state index < -0.39 is 0 Å². The van der Waals surface area contributed by atoms with E-state index in [0.717, 1.165) is 16.8 Å². The van der Waals surface area contributed by atoms with Crippen LogP contribution < -0.4 is 5.32 Å². The maximum absolute atomic E-state index is 4.06. The van der Waals surface area contributed by atoms with Crippen molar-refractivity contribution < 1.29 is 0 Å². The van der Waals surface area contributed by atoms with E-state index in [1.807, 2.05) is 31.6 Å². The van der Waals surface area contributed by atoms with Crippen LogP contribution in [-0.4, -0.2) is 15.2 Å². The maximum Gasteiger partial charge on any atom is 0.0539 e. The lowest BCUT2D eigenvalue weighted by molar-refractivity contribution is 0.882. The Hall–Kier alpha value is -1.84. The molecule has 2 N–H and O–H groups in total. The molecule has 0 bridgehead atoms. The number of nitrogens with one attached hydrogen (secondary N) is 2. The average Bonchev–Trinajstić information content (AvgIpc) is 2.74. The van der Waals surface area contributed by atoms with Crippen molar-refractivity contribution in [3.63, 3.8) is 0 Å². The van der Waals surface area contributed by atoms with E-state index in [0.29, 0.717) is 0 Å². The average molecular weight is 202 g/mol. The van der Waals surface area contributed by atoms with Crippen molar-refractivity contribution >= 4 is 5.69 Å². The van der Waals surface area contributed by atoms with Crippen LogP contribution in [0.15, 0.2) is 30.9 Å². The Kier molecular flexibility index (Phi) is 2.67. The fraction of sp³-hybridized carbons (Fsp3) is 0.273. The highest BCUT2D eigenvalue weighted by atomic mass is 15.1. The van der Waals surface area contributed by atoms with Gasteiger partial charge in [0, 0.05) is 29.8 Å². The quantitative estimate of drug-likeness (QED) is 0.802. The molecule has 0 radical (unpaired) electrons. The smallest absolute Gasteiger partial charge is 0.0539 e. The molecule has 0 aromatic carbocycles. The fourth-order valence-corrected chi connectivity index (χ4v) is 1.45. The third kappa shape index (κ3) is 2.15. The van der Waals surface area contributed by atoms with Crippen LogP contribution in [0.5, 0.6) is 0 Å². The van der Waals surface area contributed by atoms with E-state index >= 15 is 0 Å². The Morgan fingerprint density at radius 2 is 2.27 bits per heavy atom. The van der Waals surface area contributed by atoms with Gasteiger partial charge in [-0.15, -0.1) is 0 Å². The molecule has 0 saturated carbocycles. The Morgan fingerprint density at radius 1 is 1.40 bits per heavy atom. The van der Waals surface area contributed by atoms with Crippen molar-refractivity contribution in [3.8, 4) is 0 Å². The monoisotopic (exact) mass is 202 g/mol. The van der Waals surface area contributed by atoms with Gasteiger partial charge in [-0.1, -0.05) is 0 Å². The van der Waals surface area contributed by atoms with Gasteiger partial charge in [0.25, 0.3) is 0 Å². The van der Waals surface area contributed by atoms with Crippen LogP contribution in [0.3, 0.4) is 0 Å². The highest BCUT2D eigenvalue weighted by molar-refractivity contribution is 5.50. The summed E-state index contributed by atoms with van der Waals surface area (Å²) in [5.74, 6) is 0. The summed E-state index contributed by atoms with van der Waals surface area (Å²) in [5, 5.41) is 10.2. The molecule has 4 nitrogen and oxygen atoms in total. The van der Waals surface area contributed by atoms with Gasteiger partial charge < -0.3 is 5.32 Å².